The topological polar surface area (TPSA) is 21.3 Å². The van der Waals surface area contributed by atoms with Gasteiger partial charge in [0.1, 0.15) is 0 Å². The highest BCUT2D eigenvalue weighted by Gasteiger charge is 1.97. The van der Waals surface area contributed by atoms with Crippen LogP contribution in [0.5, 0.6) is 0 Å². The van der Waals surface area contributed by atoms with Gasteiger partial charge >= 0.3 is 0 Å². The number of benzene rings is 2. The minimum Gasteiger partial charge on any atom is -0.383 e. The Kier molecular flexibility index (Phi) is 6.28. The first kappa shape index (κ1) is 14.8. The van der Waals surface area contributed by atoms with Crippen LogP contribution in [0.3, 0.4) is 0 Å². The van der Waals surface area contributed by atoms with Crippen LogP contribution in [-0.4, -0.2) is 26.8 Å². The lowest BCUT2D eigenvalue weighted by Gasteiger charge is -2.04. The van der Waals surface area contributed by atoms with Crippen LogP contribution in [-0.2, 0) is 11.2 Å². The summed E-state index contributed by atoms with van der Waals surface area (Å²) in [6.07, 6.45) is 6.58. The molecule has 0 amide bonds. The van der Waals surface area contributed by atoms with Gasteiger partial charge in [-0.15, -0.1) is 0 Å². The highest BCUT2D eigenvalue weighted by Crippen LogP contribution is 2.19. The Labute approximate surface area is 121 Å². The number of rotatable bonds is 8. The van der Waals surface area contributed by atoms with Crippen LogP contribution in [0.25, 0.3) is 10.8 Å². The first-order valence-electron chi connectivity index (χ1n) is 7.23. The minimum absolute atomic E-state index is 0.777. The van der Waals surface area contributed by atoms with Crippen LogP contribution < -0.4 is 5.32 Å². The van der Waals surface area contributed by atoms with E-state index in [4.69, 9.17) is 4.74 Å². The van der Waals surface area contributed by atoms with Crippen molar-refractivity contribution in [2.24, 2.45) is 0 Å². The summed E-state index contributed by atoms with van der Waals surface area (Å²) in [6, 6.07) is 15.1. The summed E-state index contributed by atoms with van der Waals surface area (Å²) in [7, 11) is 1.73. The van der Waals surface area contributed by atoms with Crippen LogP contribution in [0.2, 0.25) is 0 Å². The summed E-state index contributed by atoms with van der Waals surface area (Å²) in [5.74, 6) is 0. The van der Waals surface area contributed by atoms with E-state index in [1.165, 1.54) is 16.3 Å². The molecule has 0 radical (unpaired) electrons. The van der Waals surface area contributed by atoms with Crippen LogP contribution >= 0.6 is 0 Å². The average Bonchev–Trinajstić information content (AvgIpc) is 2.50. The van der Waals surface area contributed by atoms with E-state index in [0.29, 0.717) is 0 Å². The molecule has 0 spiro atoms. The Morgan fingerprint density at radius 2 is 1.85 bits per heavy atom. The maximum atomic E-state index is 4.99. The molecular weight excluding hydrogens is 246 g/mol. The van der Waals surface area contributed by atoms with Crippen molar-refractivity contribution in [3.05, 3.63) is 60.2 Å². The highest BCUT2D eigenvalue weighted by molar-refractivity contribution is 5.85. The molecule has 0 aliphatic heterocycles. The first-order chi connectivity index (χ1) is 9.92. The standard InChI is InChI=1S/C18H23NO/c1-20-15-14-19-13-6-2-3-8-16-10-7-11-17-9-4-5-12-18(16)17/h2-5,7,9-12,19H,6,8,13-15H2,1H3. The van der Waals surface area contributed by atoms with Crippen LogP contribution in [0.15, 0.2) is 54.6 Å². The van der Waals surface area contributed by atoms with Crippen molar-refractivity contribution in [3.63, 3.8) is 0 Å². The van der Waals surface area contributed by atoms with Crippen LogP contribution in [0, 0.1) is 0 Å². The fourth-order valence-corrected chi connectivity index (χ4v) is 2.28. The van der Waals surface area contributed by atoms with Gasteiger partial charge in [-0.05, 0) is 35.7 Å². The summed E-state index contributed by atoms with van der Waals surface area (Å²) in [5.41, 5.74) is 1.40. The maximum absolute atomic E-state index is 4.99. The molecule has 2 nitrogen and oxygen atoms in total. The van der Waals surface area contributed by atoms with Gasteiger partial charge in [0, 0.05) is 13.7 Å². The van der Waals surface area contributed by atoms with Gasteiger partial charge in [-0.1, -0.05) is 54.6 Å². The van der Waals surface area contributed by atoms with E-state index in [1.807, 2.05) is 0 Å². The van der Waals surface area contributed by atoms with Gasteiger partial charge in [0.15, 0.2) is 0 Å². The number of ether oxygens (including phenoxy) is 1. The van der Waals surface area contributed by atoms with Gasteiger partial charge in [0.2, 0.25) is 0 Å². The van der Waals surface area contributed by atoms with E-state index in [9.17, 15) is 0 Å². The fraction of sp³-hybridized carbons (Fsp3) is 0.333. The van der Waals surface area contributed by atoms with Gasteiger partial charge in [-0.2, -0.15) is 0 Å². The van der Waals surface area contributed by atoms with Crippen molar-refractivity contribution in [1.29, 1.82) is 0 Å². The van der Waals surface area contributed by atoms with Gasteiger partial charge in [0.05, 0.1) is 6.61 Å². The molecule has 106 valence electrons. The third-order valence-corrected chi connectivity index (χ3v) is 3.36. The van der Waals surface area contributed by atoms with Crippen LogP contribution in [0.1, 0.15) is 12.0 Å². The predicted molar refractivity (Wildman–Crippen MR) is 86.2 cm³/mol. The fourth-order valence-electron chi connectivity index (χ4n) is 2.28. The van der Waals surface area contributed by atoms with E-state index in [-0.39, 0.29) is 0 Å². The average molecular weight is 269 g/mol. The van der Waals surface area contributed by atoms with Crippen molar-refractivity contribution in [1.82, 2.24) is 5.32 Å². The molecule has 0 unspecified atom stereocenters. The maximum Gasteiger partial charge on any atom is 0.0587 e. The summed E-state index contributed by atoms with van der Waals surface area (Å²) in [6.45, 7) is 2.71. The molecule has 0 aliphatic rings. The summed E-state index contributed by atoms with van der Waals surface area (Å²) >= 11 is 0. The second-order valence-electron chi connectivity index (χ2n) is 4.85. The van der Waals surface area contributed by atoms with Crippen molar-refractivity contribution >= 4 is 10.8 Å². The second kappa shape index (κ2) is 8.51. The number of hydrogen-bond acceptors (Lipinski definition) is 2. The van der Waals surface area contributed by atoms with Gasteiger partial charge in [-0.25, -0.2) is 0 Å². The van der Waals surface area contributed by atoms with Gasteiger partial charge in [0.25, 0.3) is 0 Å². The second-order valence-corrected chi connectivity index (χ2v) is 4.85. The summed E-state index contributed by atoms with van der Waals surface area (Å²) < 4.78 is 4.99. The molecule has 2 rings (SSSR count). The van der Waals surface area contributed by atoms with E-state index >= 15 is 0 Å². The summed E-state index contributed by atoms with van der Waals surface area (Å²) in [4.78, 5) is 0. The van der Waals surface area contributed by atoms with Gasteiger partial charge in [-0.3, -0.25) is 0 Å². The van der Waals surface area contributed by atoms with Crippen molar-refractivity contribution in [2.45, 2.75) is 12.8 Å². The largest absolute Gasteiger partial charge is 0.383 e. The third-order valence-electron chi connectivity index (χ3n) is 3.36. The number of nitrogens with one attached hydrogen (secondary N) is 1. The minimum atomic E-state index is 0.777. The van der Waals surface area contributed by atoms with E-state index in [2.05, 4.69) is 59.9 Å². The molecule has 0 heterocycles. The molecular formula is C18H23NO. The highest BCUT2D eigenvalue weighted by atomic mass is 16.5. The van der Waals surface area contributed by atoms with Crippen LogP contribution in [0.4, 0.5) is 0 Å². The Morgan fingerprint density at radius 3 is 2.75 bits per heavy atom. The number of hydrogen-bond donors (Lipinski definition) is 1. The molecule has 20 heavy (non-hydrogen) atoms. The normalized spacial score (nSPS) is 11.4. The molecule has 2 heteroatoms. The Morgan fingerprint density at radius 1 is 1.00 bits per heavy atom. The van der Waals surface area contributed by atoms with Crippen molar-refractivity contribution in [2.75, 3.05) is 26.8 Å². The molecule has 0 fully saturated rings. The smallest absolute Gasteiger partial charge is 0.0587 e. The first-order valence-corrected chi connectivity index (χ1v) is 7.23. The Balaban J connectivity index is 1.81. The quantitative estimate of drug-likeness (QED) is 0.584. The monoisotopic (exact) mass is 269 g/mol. The zero-order chi connectivity index (χ0) is 14.0. The lowest BCUT2D eigenvalue weighted by Crippen LogP contribution is -2.19. The van der Waals surface area contributed by atoms with E-state index in [0.717, 1.165) is 32.5 Å². The molecule has 0 atom stereocenters. The SMILES string of the molecule is COCCNCCC=CCc1cccc2ccccc12. The predicted octanol–water partition coefficient (Wildman–Crippen LogP) is 3.56. The lowest BCUT2D eigenvalue weighted by atomic mass is 10.0. The zero-order valence-electron chi connectivity index (χ0n) is 12.1. The number of methoxy groups -OCH3 is 1. The molecule has 0 saturated carbocycles. The van der Waals surface area contributed by atoms with Gasteiger partial charge < -0.3 is 10.1 Å². The van der Waals surface area contributed by atoms with E-state index in [1.54, 1.807) is 7.11 Å². The van der Waals surface area contributed by atoms with Crippen molar-refractivity contribution in [3.8, 4) is 0 Å². The molecule has 0 aromatic heterocycles. The zero-order valence-corrected chi connectivity index (χ0v) is 12.1. The van der Waals surface area contributed by atoms with Crippen molar-refractivity contribution < 1.29 is 4.74 Å². The molecule has 2 aromatic carbocycles. The molecule has 0 saturated heterocycles. The third kappa shape index (κ3) is 4.48. The lowest BCUT2D eigenvalue weighted by molar-refractivity contribution is 0.199. The Hall–Kier alpha value is -1.64. The molecule has 1 N–H and O–H groups in total. The Bertz CT molecular complexity index is 543. The molecule has 2 aromatic rings. The number of allylic oxidation sites excluding steroid dienone is 1. The number of fused-ring (bicyclic) bond motifs is 1. The van der Waals surface area contributed by atoms with E-state index < -0.39 is 0 Å². The summed E-state index contributed by atoms with van der Waals surface area (Å²) in [5, 5.41) is 6.02. The molecule has 0 aliphatic carbocycles. The molecule has 0 bridgehead atoms.